The van der Waals surface area contributed by atoms with Crippen LogP contribution in [0.4, 0.5) is 10.5 Å². The molecule has 0 saturated carbocycles. The molecule has 0 bridgehead atoms. The summed E-state index contributed by atoms with van der Waals surface area (Å²) < 4.78 is 7.51. The summed E-state index contributed by atoms with van der Waals surface area (Å²) in [7, 11) is 0. The van der Waals surface area contributed by atoms with Gasteiger partial charge in [-0.3, -0.25) is 19.3 Å². The molecule has 2 aliphatic heterocycles. The number of thioether (sulfide) groups is 1. The molecule has 0 radical (unpaired) electrons. The van der Waals surface area contributed by atoms with Crippen LogP contribution in [0.2, 0.25) is 5.02 Å². The van der Waals surface area contributed by atoms with Crippen LogP contribution in [0, 0.1) is 0 Å². The molecule has 7 nitrogen and oxygen atoms in total. The topological polar surface area (TPSA) is 70.2 Å². The van der Waals surface area contributed by atoms with Crippen LogP contribution in [0.1, 0.15) is 11.1 Å². The number of piperazine rings is 1. The molecule has 0 atom stereocenters. The molecule has 3 aromatic rings. The van der Waals surface area contributed by atoms with Crippen molar-refractivity contribution in [1.29, 1.82) is 0 Å². The van der Waals surface area contributed by atoms with E-state index in [-0.39, 0.29) is 17.4 Å². The summed E-state index contributed by atoms with van der Waals surface area (Å²) >= 11 is 14.2. The molecule has 3 amide bonds. The maximum absolute atomic E-state index is 13.1. The Morgan fingerprint density at radius 1 is 0.975 bits per heavy atom. The van der Waals surface area contributed by atoms with Crippen LogP contribution in [0.3, 0.4) is 0 Å². The zero-order valence-corrected chi connectivity index (χ0v) is 25.9. The van der Waals surface area contributed by atoms with E-state index >= 15 is 0 Å². The van der Waals surface area contributed by atoms with E-state index in [1.165, 1.54) is 0 Å². The van der Waals surface area contributed by atoms with Crippen molar-refractivity contribution in [2.24, 2.45) is 0 Å². The standard InChI is InChI=1S/C29H24Br2ClN3O4S/c30-21-8-6-19(7-9-21)18-39-27-23(31)14-20(15-24(27)32)16-25-28(37)35(29(38)40-25)17-26(36)34-12-10-33(11-13-34)22-4-2-1-3-5-22/h1-9,14-16H,10-13,17-18H2/b25-16+. The van der Waals surface area contributed by atoms with E-state index in [2.05, 4.69) is 36.8 Å². The molecule has 0 aromatic heterocycles. The maximum atomic E-state index is 13.1. The van der Waals surface area contributed by atoms with Crippen molar-refractivity contribution in [1.82, 2.24) is 9.80 Å². The molecule has 2 aliphatic rings. The van der Waals surface area contributed by atoms with Crippen LogP contribution in [0.25, 0.3) is 6.08 Å². The molecular formula is C29H24Br2ClN3O4S. The van der Waals surface area contributed by atoms with Gasteiger partial charge in [-0.25, -0.2) is 0 Å². The fraction of sp³-hybridized carbons (Fsp3) is 0.207. The number of amides is 3. The third kappa shape index (κ3) is 6.74. The van der Waals surface area contributed by atoms with Crippen molar-refractivity contribution in [3.63, 3.8) is 0 Å². The van der Waals surface area contributed by atoms with Crippen molar-refractivity contribution in [3.8, 4) is 5.75 Å². The second-order valence-electron chi connectivity index (χ2n) is 9.20. The first-order valence-corrected chi connectivity index (χ1v) is 15.3. The number of benzene rings is 3. The van der Waals surface area contributed by atoms with Gasteiger partial charge in [0.15, 0.2) is 5.75 Å². The fourth-order valence-corrected chi connectivity index (χ4v) is 6.50. The zero-order chi connectivity index (χ0) is 28.2. The highest BCUT2D eigenvalue weighted by Gasteiger charge is 2.37. The van der Waals surface area contributed by atoms with E-state index in [4.69, 9.17) is 16.3 Å². The SMILES string of the molecule is O=C(CN1C(=O)S/C(=C/c2cc(Cl)c(OCc3ccc(Br)cc3)c(Br)c2)C1=O)N1CCN(c2ccccc2)CC1. The summed E-state index contributed by atoms with van der Waals surface area (Å²) in [4.78, 5) is 43.8. The van der Waals surface area contributed by atoms with Gasteiger partial charge in [-0.2, -0.15) is 0 Å². The van der Waals surface area contributed by atoms with Crippen molar-refractivity contribution in [2.75, 3.05) is 37.6 Å². The lowest BCUT2D eigenvalue weighted by Gasteiger charge is -2.36. The lowest BCUT2D eigenvalue weighted by molar-refractivity contribution is -0.136. The minimum Gasteiger partial charge on any atom is -0.486 e. The Morgan fingerprint density at radius 3 is 2.35 bits per heavy atom. The van der Waals surface area contributed by atoms with Gasteiger partial charge in [-0.05, 0) is 81.3 Å². The van der Waals surface area contributed by atoms with Crippen molar-refractivity contribution in [3.05, 3.63) is 96.7 Å². The van der Waals surface area contributed by atoms with Gasteiger partial charge in [0.2, 0.25) is 5.91 Å². The first-order chi connectivity index (χ1) is 19.3. The maximum Gasteiger partial charge on any atom is 0.294 e. The summed E-state index contributed by atoms with van der Waals surface area (Å²) in [5, 5.41) is -0.103. The molecule has 0 aliphatic carbocycles. The minimum absolute atomic E-state index is 0.234. The van der Waals surface area contributed by atoms with Gasteiger partial charge < -0.3 is 14.5 Å². The second-order valence-corrected chi connectivity index (χ2v) is 12.4. The molecule has 11 heteroatoms. The first kappa shape index (κ1) is 28.7. The Hall–Kier alpha value is -2.79. The van der Waals surface area contributed by atoms with Crippen molar-refractivity contribution < 1.29 is 19.1 Å². The molecule has 40 heavy (non-hydrogen) atoms. The molecule has 206 valence electrons. The Balaban J connectivity index is 1.20. The number of imide groups is 1. The number of hydrogen-bond donors (Lipinski definition) is 0. The van der Waals surface area contributed by atoms with Crippen LogP contribution in [-0.2, 0) is 16.2 Å². The smallest absolute Gasteiger partial charge is 0.294 e. The number of carbonyl (C=O) groups is 3. The van der Waals surface area contributed by atoms with Gasteiger partial charge in [0.1, 0.15) is 13.2 Å². The second kappa shape index (κ2) is 12.8. The summed E-state index contributed by atoms with van der Waals surface area (Å²) in [5.74, 6) is -0.254. The van der Waals surface area contributed by atoms with Crippen LogP contribution in [0.15, 0.2) is 80.6 Å². The molecule has 5 rings (SSSR count). The first-order valence-electron chi connectivity index (χ1n) is 12.5. The van der Waals surface area contributed by atoms with Gasteiger partial charge in [0.25, 0.3) is 11.1 Å². The quantitative estimate of drug-likeness (QED) is 0.251. The summed E-state index contributed by atoms with van der Waals surface area (Å²) in [6, 6.07) is 21.2. The number of rotatable bonds is 7. The Labute approximate surface area is 258 Å². The molecule has 2 saturated heterocycles. The van der Waals surface area contributed by atoms with Gasteiger partial charge in [-0.1, -0.05) is 57.9 Å². The highest BCUT2D eigenvalue weighted by molar-refractivity contribution is 9.10. The van der Waals surface area contributed by atoms with E-state index in [0.29, 0.717) is 53.6 Å². The zero-order valence-electron chi connectivity index (χ0n) is 21.2. The average Bonchev–Trinajstić information content (AvgIpc) is 3.21. The number of nitrogens with zero attached hydrogens (tertiary/aromatic N) is 3. The fourth-order valence-electron chi connectivity index (χ4n) is 4.41. The molecule has 2 heterocycles. The van der Waals surface area contributed by atoms with E-state index in [1.807, 2.05) is 54.6 Å². The number of para-hydroxylation sites is 1. The highest BCUT2D eigenvalue weighted by atomic mass is 79.9. The van der Waals surface area contributed by atoms with Crippen LogP contribution in [0.5, 0.6) is 5.75 Å². The summed E-state index contributed by atoms with van der Waals surface area (Å²) in [6.07, 6.45) is 1.60. The lowest BCUT2D eigenvalue weighted by Crippen LogP contribution is -2.51. The predicted octanol–water partition coefficient (Wildman–Crippen LogP) is 6.83. The number of ether oxygens (including phenoxy) is 1. The van der Waals surface area contributed by atoms with Crippen LogP contribution >= 0.6 is 55.2 Å². The lowest BCUT2D eigenvalue weighted by atomic mass is 10.2. The van der Waals surface area contributed by atoms with Gasteiger partial charge in [0, 0.05) is 36.3 Å². The number of halogens is 3. The molecular weight excluding hydrogens is 682 g/mol. The van der Waals surface area contributed by atoms with Gasteiger partial charge in [-0.15, -0.1) is 0 Å². The van der Waals surface area contributed by atoms with E-state index in [9.17, 15) is 14.4 Å². The minimum atomic E-state index is -0.492. The normalized spacial score (nSPS) is 16.7. The largest absolute Gasteiger partial charge is 0.486 e. The molecule has 2 fully saturated rings. The van der Waals surface area contributed by atoms with E-state index in [1.54, 1.807) is 23.1 Å². The number of anilines is 1. The average molecular weight is 706 g/mol. The van der Waals surface area contributed by atoms with Crippen molar-refractivity contribution in [2.45, 2.75) is 6.61 Å². The summed E-state index contributed by atoms with van der Waals surface area (Å²) in [5.41, 5.74) is 2.72. The third-order valence-electron chi connectivity index (χ3n) is 6.54. The molecule has 0 spiro atoms. The molecule has 0 N–H and O–H groups in total. The number of hydrogen-bond acceptors (Lipinski definition) is 6. The van der Waals surface area contributed by atoms with Crippen LogP contribution < -0.4 is 9.64 Å². The van der Waals surface area contributed by atoms with Crippen molar-refractivity contribution >= 4 is 84.0 Å². The predicted molar refractivity (Wildman–Crippen MR) is 166 cm³/mol. The van der Waals surface area contributed by atoms with E-state index in [0.717, 1.165) is 32.4 Å². The highest BCUT2D eigenvalue weighted by Crippen LogP contribution is 2.38. The van der Waals surface area contributed by atoms with Gasteiger partial charge in [0.05, 0.1) is 14.4 Å². The molecule has 0 unspecified atom stereocenters. The number of carbonyl (C=O) groups excluding carboxylic acids is 3. The molecule has 3 aromatic carbocycles. The van der Waals surface area contributed by atoms with Gasteiger partial charge >= 0.3 is 0 Å². The Morgan fingerprint density at radius 2 is 1.68 bits per heavy atom. The third-order valence-corrected chi connectivity index (χ3v) is 8.84. The van der Waals surface area contributed by atoms with Crippen LogP contribution in [-0.4, -0.2) is 59.6 Å². The Kier molecular flexibility index (Phi) is 9.20. The monoisotopic (exact) mass is 703 g/mol. The Bertz CT molecular complexity index is 1440. The van der Waals surface area contributed by atoms with E-state index < -0.39 is 11.1 Å². The summed E-state index contributed by atoms with van der Waals surface area (Å²) in [6.45, 7) is 2.50.